The number of alkyl halides is 3. The van der Waals surface area contributed by atoms with Crippen molar-refractivity contribution in [2.24, 2.45) is 16.2 Å². The molecule has 61 heavy (non-hydrogen) atoms. The van der Waals surface area contributed by atoms with Crippen LogP contribution in [-0.2, 0) is 28.4 Å². The Morgan fingerprint density at radius 2 is 1.02 bits per heavy atom. The number of rotatable bonds is 24. The number of carboxylic acids is 1. The van der Waals surface area contributed by atoms with E-state index in [0.29, 0.717) is 29.9 Å². The summed E-state index contributed by atoms with van der Waals surface area (Å²) in [4.78, 5) is 21.8. The lowest BCUT2D eigenvalue weighted by Crippen LogP contribution is -2.45. The van der Waals surface area contributed by atoms with Gasteiger partial charge in [-0.2, -0.15) is 0 Å². The lowest BCUT2D eigenvalue weighted by atomic mass is 9.84. The summed E-state index contributed by atoms with van der Waals surface area (Å²) in [5.41, 5.74) is 1.47. The van der Waals surface area contributed by atoms with Gasteiger partial charge in [-0.3, -0.25) is 0 Å². The molecular formula is C46H73Br3O12. The molecule has 0 atom stereocenters. The van der Waals surface area contributed by atoms with E-state index in [1.54, 1.807) is 31.2 Å². The Bertz CT molecular complexity index is 1360. The van der Waals surface area contributed by atoms with E-state index in [1.807, 2.05) is 0 Å². The zero-order valence-electron chi connectivity index (χ0n) is 36.9. The topological polar surface area (TPSA) is 159 Å². The van der Waals surface area contributed by atoms with Crippen molar-refractivity contribution in [1.29, 1.82) is 0 Å². The third-order valence-electron chi connectivity index (χ3n) is 10.5. The summed E-state index contributed by atoms with van der Waals surface area (Å²) in [6.45, 7) is 17.7. The number of unbranched alkanes of at least 4 members (excludes halogenated alkanes) is 3. The molecule has 2 aromatic rings. The Kier molecular flexibility index (Phi) is 32.4. The molecular weight excluding hydrogens is 984 g/mol. The molecule has 3 heterocycles. The zero-order valence-corrected chi connectivity index (χ0v) is 41.7. The molecule has 3 aliphatic heterocycles. The first-order valence-electron chi connectivity index (χ1n) is 21.6. The number of halogens is 3. The number of carbonyl (C=O) groups is 2. The van der Waals surface area contributed by atoms with Crippen LogP contribution < -0.4 is 4.74 Å². The molecule has 0 aliphatic carbocycles. The van der Waals surface area contributed by atoms with Crippen LogP contribution in [0.2, 0.25) is 0 Å². The molecule has 0 saturated carbocycles. The number of esters is 1. The van der Waals surface area contributed by atoms with Gasteiger partial charge in [0.2, 0.25) is 0 Å². The van der Waals surface area contributed by atoms with E-state index in [4.69, 9.17) is 48.5 Å². The van der Waals surface area contributed by atoms with Crippen molar-refractivity contribution >= 4 is 59.7 Å². The molecule has 12 nitrogen and oxygen atoms in total. The van der Waals surface area contributed by atoms with Gasteiger partial charge in [0.1, 0.15) is 11.5 Å². The second kappa shape index (κ2) is 34.6. The number of hydrogen-bond acceptors (Lipinski definition) is 11. The summed E-state index contributed by atoms with van der Waals surface area (Å²) >= 11 is 10.1. The van der Waals surface area contributed by atoms with Crippen molar-refractivity contribution in [3.63, 3.8) is 0 Å². The Morgan fingerprint density at radius 3 is 1.36 bits per heavy atom. The quantitative estimate of drug-likeness (QED) is 0.0520. The lowest BCUT2D eigenvalue weighted by molar-refractivity contribution is -0.150. The number of carbonyl (C=O) groups excluding carboxylic acids is 1. The molecule has 0 spiro atoms. The van der Waals surface area contributed by atoms with Gasteiger partial charge in [-0.05, 0) is 113 Å². The number of aromatic carboxylic acids is 1. The minimum absolute atomic E-state index is 0.139. The number of benzene rings is 2. The summed E-state index contributed by atoms with van der Waals surface area (Å²) in [5.74, 6) is -0.451. The predicted molar refractivity (Wildman–Crippen MR) is 251 cm³/mol. The van der Waals surface area contributed by atoms with Crippen LogP contribution >= 0.6 is 47.8 Å². The van der Waals surface area contributed by atoms with Gasteiger partial charge >= 0.3 is 11.9 Å². The highest BCUT2D eigenvalue weighted by atomic mass is 79.9. The maximum absolute atomic E-state index is 11.1. The molecule has 0 amide bonds. The molecule has 0 bridgehead atoms. The molecule has 0 unspecified atom stereocenters. The smallest absolute Gasteiger partial charge is 0.338 e. The molecule has 5 rings (SSSR count). The minimum atomic E-state index is -0.926. The third kappa shape index (κ3) is 24.2. The predicted octanol–water partition coefficient (Wildman–Crippen LogP) is 10.1. The molecule has 0 aromatic heterocycles. The third-order valence-corrected chi connectivity index (χ3v) is 12.2. The van der Waals surface area contributed by atoms with Gasteiger partial charge in [0.25, 0.3) is 0 Å². The highest BCUT2D eigenvalue weighted by Gasteiger charge is 2.38. The van der Waals surface area contributed by atoms with E-state index in [-0.39, 0.29) is 34.7 Å². The first kappa shape index (κ1) is 57.2. The normalized spacial score (nSPS) is 16.0. The van der Waals surface area contributed by atoms with Crippen molar-refractivity contribution in [2.45, 2.75) is 85.5 Å². The summed E-state index contributed by atoms with van der Waals surface area (Å²) in [5, 5.41) is 29.8. The second-order valence-corrected chi connectivity index (χ2v) is 17.8. The van der Waals surface area contributed by atoms with Gasteiger partial charge in [0.05, 0.1) is 83.8 Å². The van der Waals surface area contributed by atoms with Crippen LogP contribution in [0.1, 0.15) is 106 Å². The molecule has 2 aromatic carbocycles. The summed E-state index contributed by atoms with van der Waals surface area (Å²) in [6, 6.07) is 12.4. The van der Waals surface area contributed by atoms with E-state index >= 15 is 0 Å². The van der Waals surface area contributed by atoms with Crippen molar-refractivity contribution in [1.82, 2.24) is 0 Å². The lowest BCUT2D eigenvalue weighted by Gasteiger charge is -2.40. The van der Waals surface area contributed by atoms with E-state index in [1.165, 1.54) is 49.9 Å². The fraction of sp³-hybridized carbons (Fsp3) is 0.696. The molecule has 350 valence electrons. The fourth-order valence-corrected chi connectivity index (χ4v) is 6.61. The maximum Gasteiger partial charge on any atom is 0.338 e. The van der Waals surface area contributed by atoms with Crippen LogP contribution in [0.3, 0.4) is 0 Å². The molecule has 3 fully saturated rings. The first-order chi connectivity index (χ1) is 29.5. The number of hydrogen-bond donors (Lipinski definition) is 3. The maximum atomic E-state index is 11.1. The van der Waals surface area contributed by atoms with E-state index in [9.17, 15) is 9.59 Å². The first-order valence-corrected chi connectivity index (χ1v) is 24.9. The Labute approximate surface area is 390 Å². The number of phenolic OH excluding ortho intramolecular Hbond substituents is 1. The van der Waals surface area contributed by atoms with E-state index in [2.05, 4.69) is 68.6 Å². The van der Waals surface area contributed by atoms with Gasteiger partial charge < -0.3 is 48.5 Å². The van der Waals surface area contributed by atoms with Gasteiger partial charge in [0.15, 0.2) is 0 Å². The van der Waals surface area contributed by atoms with Crippen molar-refractivity contribution < 1.29 is 58.1 Å². The zero-order chi connectivity index (χ0) is 45.2. The number of aliphatic hydroxyl groups is 1. The van der Waals surface area contributed by atoms with Crippen LogP contribution in [0.5, 0.6) is 11.5 Å². The monoisotopic (exact) mass is 1050 g/mol. The average Bonchev–Trinajstić information content (AvgIpc) is 3.23. The number of phenols is 1. The molecule has 0 radical (unpaired) electrons. The summed E-state index contributed by atoms with van der Waals surface area (Å²) in [7, 11) is 0. The average molecular weight is 1060 g/mol. The van der Waals surface area contributed by atoms with Crippen LogP contribution in [-0.4, -0.2) is 129 Å². The largest absolute Gasteiger partial charge is 0.508 e. The Balaban J connectivity index is 0.000000411. The fourth-order valence-electron chi connectivity index (χ4n) is 5.43. The molecule has 3 aliphatic rings. The van der Waals surface area contributed by atoms with Crippen molar-refractivity contribution in [3.05, 3.63) is 59.7 Å². The second-order valence-electron chi connectivity index (χ2n) is 15.4. The number of aromatic hydroxyl groups is 1. The molecule has 15 heteroatoms. The summed E-state index contributed by atoms with van der Waals surface area (Å²) in [6.07, 6.45) is 10.1. The van der Waals surface area contributed by atoms with Gasteiger partial charge in [-0.1, -0.05) is 68.6 Å². The van der Waals surface area contributed by atoms with Crippen LogP contribution in [0, 0.1) is 16.2 Å². The van der Waals surface area contributed by atoms with Crippen LogP contribution in [0.25, 0.3) is 0 Å². The Hall–Kier alpha value is -1.82. The number of aliphatic hydroxyl groups excluding tert-OH is 1. The van der Waals surface area contributed by atoms with E-state index in [0.717, 1.165) is 114 Å². The van der Waals surface area contributed by atoms with Crippen LogP contribution in [0.15, 0.2) is 48.5 Å². The van der Waals surface area contributed by atoms with Crippen molar-refractivity contribution in [3.8, 4) is 11.5 Å². The SMILES string of the molecule is BrCCCCBr.CCC1(CO)COC1.CCC1(COCCCCBr)COC1.CCC1(COCCCCOc2ccc(C(=O)O)cc2)COC1.CCOC(=O)c1ccc(O)cc1. The van der Waals surface area contributed by atoms with Crippen molar-refractivity contribution in [2.75, 3.05) is 102 Å². The van der Waals surface area contributed by atoms with Gasteiger partial charge in [-0.15, -0.1) is 0 Å². The summed E-state index contributed by atoms with van der Waals surface area (Å²) < 4.78 is 37.1. The highest BCUT2D eigenvalue weighted by Crippen LogP contribution is 2.32. The van der Waals surface area contributed by atoms with Gasteiger partial charge in [0, 0.05) is 45.4 Å². The highest BCUT2D eigenvalue weighted by molar-refractivity contribution is 9.09. The molecule has 3 saturated heterocycles. The van der Waals surface area contributed by atoms with Crippen LogP contribution in [0.4, 0.5) is 0 Å². The number of ether oxygens (including phenoxy) is 7. The standard InChI is InChI=1S/C17H24O5.C10H19BrO2.C9H10O3.C6H12O2.C4H8Br2/c1-2-17(12-21-13-17)11-20-9-3-4-10-22-15-7-5-14(6-8-15)16(18)19;1-2-10(8-13-9-10)7-12-6-4-3-5-11;1-2-12-9(11)7-3-5-8(10)6-4-7;1-2-6(3-7)4-8-5-6;5-3-1-2-4-6/h5-8H,2-4,9-13H2,1H3,(H,18,19);2-9H2,1H3;3-6,10H,2H2,1H3;7H,2-5H2,1H3;1-4H2. The number of carboxylic acid groups (broad SMARTS) is 1. The van der Waals surface area contributed by atoms with E-state index < -0.39 is 5.97 Å². The molecule has 3 N–H and O–H groups in total. The Morgan fingerprint density at radius 1 is 0.607 bits per heavy atom. The van der Waals surface area contributed by atoms with Gasteiger partial charge in [-0.25, -0.2) is 9.59 Å². The minimum Gasteiger partial charge on any atom is -0.508 e.